The third kappa shape index (κ3) is 5.45. The molecular weight excluding hydrogens is 272 g/mol. The minimum Gasteiger partial charge on any atom is -0.338 e. The highest BCUT2D eigenvalue weighted by Gasteiger charge is 2.33. The van der Waals surface area contributed by atoms with Crippen molar-refractivity contribution >= 4 is 5.91 Å². The van der Waals surface area contributed by atoms with Crippen molar-refractivity contribution in [1.29, 1.82) is 0 Å². The van der Waals surface area contributed by atoms with Gasteiger partial charge in [-0.1, -0.05) is 51.1 Å². The van der Waals surface area contributed by atoms with Crippen molar-refractivity contribution in [2.45, 2.75) is 46.1 Å². The largest absolute Gasteiger partial charge is 0.338 e. The number of benzene rings is 1. The van der Waals surface area contributed by atoms with Crippen LogP contribution in [-0.2, 0) is 11.2 Å². The first-order valence-electron chi connectivity index (χ1n) is 8.66. The summed E-state index contributed by atoms with van der Waals surface area (Å²) >= 11 is 0. The molecule has 1 amide bonds. The fourth-order valence-corrected chi connectivity index (χ4v) is 2.80. The Morgan fingerprint density at radius 3 is 2.45 bits per heavy atom. The van der Waals surface area contributed by atoms with Crippen molar-refractivity contribution in [2.75, 3.05) is 26.2 Å². The van der Waals surface area contributed by atoms with E-state index in [-0.39, 0.29) is 0 Å². The summed E-state index contributed by atoms with van der Waals surface area (Å²) in [6.45, 7) is 9.87. The fraction of sp³-hybridized carbons (Fsp3) is 0.632. The highest BCUT2D eigenvalue weighted by molar-refractivity contribution is 5.79. The molecule has 3 nitrogen and oxygen atoms in total. The summed E-state index contributed by atoms with van der Waals surface area (Å²) in [4.78, 5) is 17.0. The number of carbonyl (C=O) groups is 1. The number of carbonyl (C=O) groups excluding carboxylic acids is 1. The Labute approximate surface area is 135 Å². The quantitative estimate of drug-likeness (QED) is 0.699. The lowest BCUT2D eigenvalue weighted by molar-refractivity contribution is -0.133. The van der Waals surface area contributed by atoms with Gasteiger partial charge in [0.2, 0.25) is 5.91 Å². The zero-order valence-electron chi connectivity index (χ0n) is 14.3. The second kappa shape index (κ2) is 8.33. The number of hydrogen-bond donors (Lipinski definition) is 0. The summed E-state index contributed by atoms with van der Waals surface area (Å²) in [5.41, 5.74) is 1.34. The van der Waals surface area contributed by atoms with E-state index in [1.165, 1.54) is 18.4 Å². The van der Waals surface area contributed by atoms with E-state index in [4.69, 9.17) is 0 Å². The maximum absolute atomic E-state index is 12.6. The third-order valence-electron chi connectivity index (χ3n) is 4.24. The molecule has 1 aliphatic carbocycles. The maximum atomic E-state index is 12.6. The molecule has 2 rings (SSSR count). The van der Waals surface area contributed by atoms with Gasteiger partial charge in [0, 0.05) is 19.1 Å². The zero-order chi connectivity index (χ0) is 15.9. The van der Waals surface area contributed by atoms with E-state index < -0.39 is 0 Å². The molecule has 1 aromatic rings. The van der Waals surface area contributed by atoms with Gasteiger partial charge in [0.05, 0.1) is 6.54 Å². The average molecular weight is 302 g/mol. The summed E-state index contributed by atoms with van der Waals surface area (Å²) in [6, 6.07) is 11.0. The fourth-order valence-electron chi connectivity index (χ4n) is 2.80. The van der Waals surface area contributed by atoms with Gasteiger partial charge in [-0.25, -0.2) is 0 Å². The van der Waals surface area contributed by atoms with Gasteiger partial charge in [0.1, 0.15) is 0 Å². The van der Waals surface area contributed by atoms with Crippen LogP contribution in [0.5, 0.6) is 0 Å². The molecule has 0 radical (unpaired) electrons. The second-order valence-electron chi connectivity index (χ2n) is 6.78. The SMILES string of the molecule is CCN(CCc1ccccc1)CC(=O)N(CC(C)C)C1CC1. The first-order chi connectivity index (χ1) is 10.6. The van der Waals surface area contributed by atoms with Crippen LogP contribution in [0.2, 0.25) is 0 Å². The Bertz CT molecular complexity index is 454. The number of amides is 1. The number of hydrogen-bond acceptors (Lipinski definition) is 2. The lowest BCUT2D eigenvalue weighted by atomic mass is 10.1. The zero-order valence-corrected chi connectivity index (χ0v) is 14.3. The number of likely N-dealkylation sites (N-methyl/N-ethyl adjacent to an activating group) is 1. The van der Waals surface area contributed by atoms with E-state index >= 15 is 0 Å². The van der Waals surface area contributed by atoms with Crippen LogP contribution < -0.4 is 0 Å². The van der Waals surface area contributed by atoms with Crippen LogP contribution in [0.4, 0.5) is 0 Å². The molecule has 0 atom stereocenters. The molecule has 0 bridgehead atoms. The van der Waals surface area contributed by atoms with Crippen LogP contribution in [0.1, 0.15) is 39.2 Å². The van der Waals surface area contributed by atoms with Crippen LogP contribution in [-0.4, -0.2) is 47.9 Å². The van der Waals surface area contributed by atoms with Gasteiger partial charge in [-0.3, -0.25) is 9.69 Å². The Morgan fingerprint density at radius 1 is 1.23 bits per heavy atom. The smallest absolute Gasteiger partial charge is 0.237 e. The van der Waals surface area contributed by atoms with Gasteiger partial charge in [0.25, 0.3) is 0 Å². The Hall–Kier alpha value is -1.35. The molecule has 3 heteroatoms. The van der Waals surface area contributed by atoms with E-state index in [1.807, 2.05) is 6.07 Å². The monoisotopic (exact) mass is 302 g/mol. The minimum absolute atomic E-state index is 0.311. The Morgan fingerprint density at radius 2 is 1.91 bits per heavy atom. The Kier molecular flexibility index (Phi) is 6.44. The van der Waals surface area contributed by atoms with Crippen LogP contribution in [0, 0.1) is 5.92 Å². The maximum Gasteiger partial charge on any atom is 0.237 e. The minimum atomic E-state index is 0.311. The normalized spacial score (nSPS) is 14.6. The second-order valence-corrected chi connectivity index (χ2v) is 6.78. The van der Waals surface area contributed by atoms with Crippen molar-refractivity contribution in [2.24, 2.45) is 5.92 Å². The summed E-state index contributed by atoms with van der Waals surface area (Å²) in [7, 11) is 0. The molecule has 0 saturated heterocycles. The van der Waals surface area contributed by atoms with Gasteiger partial charge in [0.15, 0.2) is 0 Å². The highest BCUT2D eigenvalue weighted by Crippen LogP contribution is 2.27. The van der Waals surface area contributed by atoms with Crippen LogP contribution >= 0.6 is 0 Å². The molecule has 1 aliphatic rings. The highest BCUT2D eigenvalue weighted by atomic mass is 16.2. The molecule has 22 heavy (non-hydrogen) atoms. The third-order valence-corrected chi connectivity index (χ3v) is 4.24. The van der Waals surface area contributed by atoms with Gasteiger partial charge in [-0.15, -0.1) is 0 Å². The van der Waals surface area contributed by atoms with Crippen molar-refractivity contribution < 1.29 is 4.79 Å². The van der Waals surface area contributed by atoms with Gasteiger partial charge in [-0.2, -0.15) is 0 Å². The topological polar surface area (TPSA) is 23.6 Å². The molecule has 0 unspecified atom stereocenters. The number of rotatable bonds is 9. The van der Waals surface area contributed by atoms with Gasteiger partial charge < -0.3 is 4.90 Å². The van der Waals surface area contributed by atoms with Crippen molar-refractivity contribution in [3.05, 3.63) is 35.9 Å². The predicted octanol–water partition coefficient (Wildman–Crippen LogP) is 3.20. The van der Waals surface area contributed by atoms with Crippen LogP contribution in [0.15, 0.2) is 30.3 Å². The summed E-state index contributed by atoms with van der Waals surface area (Å²) in [5, 5.41) is 0. The van der Waals surface area contributed by atoms with E-state index in [1.54, 1.807) is 0 Å². The van der Waals surface area contributed by atoms with Gasteiger partial charge in [-0.05, 0) is 37.3 Å². The molecule has 0 aliphatic heterocycles. The molecule has 0 aromatic heterocycles. The lowest BCUT2D eigenvalue weighted by Gasteiger charge is -2.28. The van der Waals surface area contributed by atoms with E-state index in [0.717, 1.165) is 26.1 Å². The summed E-state index contributed by atoms with van der Waals surface area (Å²) in [5.74, 6) is 0.857. The molecule has 1 fully saturated rings. The molecule has 0 heterocycles. The van der Waals surface area contributed by atoms with E-state index in [2.05, 4.69) is 54.8 Å². The first-order valence-corrected chi connectivity index (χ1v) is 8.66. The lowest BCUT2D eigenvalue weighted by Crippen LogP contribution is -2.43. The summed E-state index contributed by atoms with van der Waals surface area (Å²) in [6.07, 6.45) is 3.39. The molecule has 1 saturated carbocycles. The standard InChI is InChI=1S/C19H30N2O/c1-4-20(13-12-17-8-6-5-7-9-17)15-19(22)21(14-16(2)3)18-10-11-18/h5-9,16,18H,4,10-15H2,1-3H3. The molecule has 0 spiro atoms. The first kappa shape index (κ1) is 17.0. The van der Waals surface area contributed by atoms with E-state index in [9.17, 15) is 4.79 Å². The van der Waals surface area contributed by atoms with Crippen LogP contribution in [0.25, 0.3) is 0 Å². The predicted molar refractivity (Wildman–Crippen MR) is 91.8 cm³/mol. The molecule has 0 N–H and O–H groups in total. The average Bonchev–Trinajstić information content (AvgIpc) is 3.34. The molecular formula is C19H30N2O. The van der Waals surface area contributed by atoms with E-state index in [0.29, 0.717) is 24.4 Å². The van der Waals surface area contributed by atoms with Crippen molar-refractivity contribution in [3.63, 3.8) is 0 Å². The summed E-state index contributed by atoms with van der Waals surface area (Å²) < 4.78 is 0. The van der Waals surface area contributed by atoms with Gasteiger partial charge >= 0.3 is 0 Å². The molecule has 1 aromatic carbocycles. The van der Waals surface area contributed by atoms with Crippen LogP contribution in [0.3, 0.4) is 0 Å². The molecule has 122 valence electrons. The van der Waals surface area contributed by atoms with Crippen molar-refractivity contribution in [3.8, 4) is 0 Å². The number of nitrogens with zero attached hydrogens (tertiary/aromatic N) is 2. The van der Waals surface area contributed by atoms with Crippen molar-refractivity contribution in [1.82, 2.24) is 9.80 Å². The Balaban J connectivity index is 1.84.